The van der Waals surface area contributed by atoms with Gasteiger partial charge in [0.15, 0.2) is 17.3 Å². The summed E-state index contributed by atoms with van der Waals surface area (Å²) in [5.74, 6) is 1.86. The highest BCUT2D eigenvalue weighted by molar-refractivity contribution is 7.99. The van der Waals surface area contributed by atoms with Crippen LogP contribution in [0.1, 0.15) is 10.9 Å². The van der Waals surface area contributed by atoms with Crippen LogP contribution in [0.25, 0.3) is 11.4 Å². The Balaban J connectivity index is 1.48. The third kappa shape index (κ3) is 2.49. The number of fused-ring (bicyclic) bond motifs is 2. The van der Waals surface area contributed by atoms with E-state index in [0.717, 1.165) is 22.0 Å². The Labute approximate surface area is 146 Å². The van der Waals surface area contributed by atoms with Crippen molar-refractivity contribution in [3.8, 4) is 22.9 Å². The summed E-state index contributed by atoms with van der Waals surface area (Å²) < 4.78 is 26.5. The predicted octanol–water partition coefficient (Wildman–Crippen LogP) is 3.20. The van der Waals surface area contributed by atoms with Gasteiger partial charge in [0.25, 0.3) is 0 Å². The zero-order chi connectivity index (χ0) is 16.8. The lowest BCUT2D eigenvalue weighted by atomic mass is 10.2. The fourth-order valence-corrected chi connectivity index (χ4v) is 3.88. The van der Waals surface area contributed by atoms with Gasteiger partial charge in [-0.05, 0) is 35.9 Å². The van der Waals surface area contributed by atoms with Crippen LogP contribution in [0.3, 0.4) is 0 Å². The van der Waals surface area contributed by atoms with Crippen LogP contribution in [0.15, 0.2) is 47.6 Å². The molecule has 25 heavy (non-hydrogen) atoms. The van der Waals surface area contributed by atoms with Gasteiger partial charge in [0.1, 0.15) is 24.4 Å². The topological polar surface area (TPSA) is 61.2 Å². The average molecular weight is 356 g/mol. The number of halogens is 1. The number of hydrogen-bond acceptors (Lipinski definition) is 6. The number of rotatable bonds is 2. The van der Waals surface area contributed by atoms with Crippen LogP contribution in [0.2, 0.25) is 0 Å². The molecule has 1 N–H and O–H groups in total. The minimum absolute atomic E-state index is 0.114. The molecule has 0 radical (unpaired) electrons. The van der Waals surface area contributed by atoms with Gasteiger partial charge in [0.05, 0.1) is 0 Å². The number of ether oxygens (including phenoxy) is 2. The molecule has 1 unspecified atom stereocenters. The van der Waals surface area contributed by atoms with Crippen molar-refractivity contribution < 1.29 is 13.9 Å². The minimum Gasteiger partial charge on any atom is -0.486 e. The van der Waals surface area contributed by atoms with Crippen LogP contribution in [0.4, 0.5) is 4.39 Å². The quantitative estimate of drug-likeness (QED) is 0.761. The van der Waals surface area contributed by atoms with E-state index in [9.17, 15) is 4.39 Å². The van der Waals surface area contributed by atoms with Crippen molar-refractivity contribution in [2.24, 2.45) is 0 Å². The highest BCUT2D eigenvalue weighted by atomic mass is 32.2. The standard InChI is InChI=1S/C17H13FN4O2S/c18-12-3-1-2-11(8-12)16-21-22-15(19-20-17(22)25-16)10-4-5-13-14(9-10)24-7-6-23-13/h1-5,8-9,16,21H,6-7H2. The first-order valence-corrected chi connectivity index (χ1v) is 8.70. The van der Waals surface area contributed by atoms with Gasteiger partial charge in [-0.25, -0.2) is 9.07 Å². The van der Waals surface area contributed by atoms with Crippen LogP contribution in [-0.2, 0) is 0 Å². The maximum absolute atomic E-state index is 13.5. The van der Waals surface area contributed by atoms with Crippen LogP contribution >= 0.6 is 11.8 Å². The Morgan fingerprint density at radius 2 is 1.96 bits per heavy atom. The molecule has 0 bridgehead atoms. The van der Waals surface area contributed by atoms with E-state index < -0.39 is 0 Å². The molecule has 126 valence electrons. The van der Waals surface area contributed by atoms with Gasteiger partial charge < -0.3 is 14.9 Å². The summed E-state index contributed by atoms with van der Waals surface area (Å²) >= 11 is 1.50. The predicted molar refractivity (Wildman–Crippen MR) is 90.8 cm³/mol. The van der Waals surface area contributed by atoms with Crippen LogP contribution in [0, 0.1) is 5.82 Å². The normalized spacial score (nSPS) is 17.9. The second-order valence-electron chi connectivity index (χ2n) is 5.68. The lowest BCUT2D eigenvalue weighted by molar-refractivity contribution is 0.171. The van der Waals surface area contributed by atoms with Crippen molar-refractivity contribution in [3.63, 3.8) is 0 Å². The third-order valence-corrected chi connectivity index (χ3v) is 5.14. The molecule has 1 atom stereocenters. The highest BCUT2D eigenvalue weighted by Crippen LogP contribution is 2.41. The summed E-state index contributed by atoms with van der Waals surface area (Å²) in [6, 6.07) is 12.2. The van der Waals surface area contributed by atoms with Gasteiger partial charge in [-0.15, -0.1) is 10.2 Å². The number of benzene rings is 2. The molecular weight excluding hydrogens is 343 g/mol. The van der Waals surface area contributed by atoms with E-state index >= 15 is 0 Å². The number of hydrogen-bond donors (Lipinski definition) is 1. The van der Waals surface area contributed by atoms with Crippen molar-refractivity contribution in [2.45, 2.75) is 10.5 Å². The fourth-order valence-electron chi connectivity index (χ4n) is 2.89. The number of thioether (sulfide) groups is 1. The molecule has 0 aliphatic carbocycles. The van der Waals surface area contributed by atoms with E-state index in [1.54, 1.807) is 6.07 Å². The van der Waals surface area contributed by atoms with Gasteiger partial charge in [-0.3, -0.25) is 0 Å². The van der Waals surface area contributed by atoms with Crippen LogP contribution in [-0.4, -0.2) is 28.1 Å². The van der Waals surface area contributed by atoms with Crippen molar-refractivity contribution in [2.75, 3.05) is 18.6 Å². The molecule has 8 heteroatoms. The Hall–Kier alpha value is -2.74. The molecule has 0 saturated carbocycles. The Morgan fingerprint density at radius 3 is 2.84 bits per heavy atom. The molecule has 3 aromatic rings. The monoisotopic (exact) mass is 356 g/mol. The molecule has 0 spiro atoms. The average Bonchev–Trinajstić information content (AvgIpc) is 3.22. The summed E-state index contributed by atoms with van der Waals surface area (Å²) in [6.45, 7) is 1.09. The van der Waals surface area contributed by atoms with Gasteiger partial charge in [0, 0.05) is 5.56 Å². The van der Waals surface area contributed by atoms with Gasteiger partial charge in [-0.2, -0.15) is 0 Å². The van der Waals surface area contributed by atoms with Crippen LogP contribution in [0.5, 0.6) is 11.5 Å². The lowest BCUT2D eigenvalue weighted by Gasteiger charge is -2.19. The smallest absolute Gasteiger partial charge is 0.212 e. The van der Waals surface area contributed by atoms with Crippen molar-refractivity contribution in [1.82, 2.24) is 14.9 Å². The first-order chi connectivity index (χ1) is 12.3. The Kier molecular flexibility index (Phi) is 3.30. The Morgan fingerprint density at radius 1 is 1.08 bits per heavy atom. The Bertz CT molecular complexity index is 962. The molecule has 2 aromatic carbocycles. The van der Waals surface area contributed by atoms with Gasteiger partial charge >= 0.3 is 0 Å². The largest absolute Gasteiger partial charge is 0.486 e. The zero-order valence-electron chi connectivity index (χ0n) is 13.0. The highest BCUT2D eigenvalue weighted by Gasteiger charge is 2.28. The van der Waals surface area contributed by atoms with Crippen molar-refractivity contribution in [1.29, 1.82) is 0 Å². The van der Waals surface area contributed by atoms with Crippen molar-refractivity contribution >= 4 is 11.8 Å². The molecule has 0 amide bonds. The van der Waals surface area contributed by atoms with Gasteiger partial charge in [0.2, 0.25) is 5.16 Å². The second-order valence-corrected chi connectivity index (χ2v) is 6.75. The zero-order valence-corrected chi connectivity index (χ0v) is 13.8. The molecule has 1 aromatic heterocycles. The second kappa shape index (κ2) is 5.66. The summed E-state index contributed by atoms with van der Waals surface area (Å²) in [4.78, 5) is 0. The summed E-state index contributed by atoms with van der Waals surface area (Å²) in [5.41, 5.74) is 5.04. The molecule has 3 heterocycles. The molecule has 2 aliphatic rings. The molecule has 0 fully saturated rings. The molecule has 5 rings (SSSR count). The van der Waals surface area contributed by atoms with Crippen LogP contribution < -0.4 is 14.9 Å². The third-order valence-electron chi connectivity index (χ3n) is 4.05. The summed E-state index contributed by atoms with van der Waals surface area (Å²) in [5, 5.41) is 9.11. The number of nitrogens with zero attached hydrogens (tertiary/aromatic N) is 3. The molecule has 0 saturated heterocycles. The number of nitrogens with one attached hydrogen (secondary N) is 1. The van der Waals surface area contributed by atoms with E-state index in [0.29, 0.717) is 24.8 Å². The first kappa shape index (κ1) is 14.6. The molecule has 6 nitrogen and oxygen atoms in total. The maximum atomic E-state index is 13.5. The van der Waals surface area contributed by atoms with E-state index in [2.05, 4.69) is 15.6 Å². The van der Waals surface area contributed by atoms with E-state index in [1.165, 1.54) is 23.9 Å². The molecular formula is C17H13FN4O2S. The van der Waals surface area contributed by atoms with E-state index in [-0.39, 0.29) is 11.2 Å². The van der Waals surface area contributed by atoms with Crippen molar-refractivity contribution in [3.05, 3.63) is 53.8 Å². The summed E-state index contributed by atoms with van der Waals surface area (Å²) in [6.07, 6.45) is 0. The number of aromatic nitrogens is 3. The summed E-state index contributed by atoms with van der Waals surface area (Å²) in [7, 11) is 0. The fraction of sp³-hybridized carbons (Fsp3) is 0.176. The minimum atomic E-state index is -0.255. The van der Waals surface area contributed by atoms with E-state index in [1.807, 2.05) is 28.9 Å². The SMILES string of the molecule is Fc1cccc(C2Nn3c(nnc3-c3ccc4c(c3)OCCO4)S2)c1. The van der Waals surface area contributed by atoms with Gasteiger partial charge in [-0.1, -0.05) is 23.9 Å². The lowest BCUT2D eigenvalue weighted by Crippen LogP contribution is -2.16. The van der Waals surface area contributed by atoms with E-state index in [4.69, 9.17) is 9.47 Å². The molecule has 2 aliphatic heterocycles. The first-order valence-electron chi connectivity index (χ1n) is 7.82. The maximum Gasteiger partial charge on any atom is 0.212 e.